The lowest BCUT2D eigenvalue weighted by Crippen LogP contribution is -2.47. The zero-order valence-corrected chi connectivity index (χ0v) is 16.8. The summed E-state index contributed by atoms with van der Waals surface area (Å²) in [5.41, 5.74) is 1.03. The molecule has 0 saturated carbocycles. The third-order valence-corrected chi connectivity index (χ3v) is 5.02. The fourth-order valence-electron chi connectivity index (χ4n) is 3.52. The Labute approximate surface area is 160 Å². The Morgan fingerprint density at radius 3 is 2.93 bits per heavy atom. The molecule has 1 atom stereocenters. The molecular weight excluding hydrogens is 342 g/mol. The van der Waals surface area contributed by atoms with Crippen molar-refractivity contribution in [3.63, 3.8) is 0 Å². The molecule has 3 rings (SSSR count). The molecule has 0 saturated heterocycles. The van der Waals surface area contributed by atoms with Crippen LogP contribution in [0, 0.1) is 6.92 Å². The highest BCUT2D eigenvalue weighted by Crippen LogP contribution is 2.22. The first kappa shape index (κ1) is 19.4. The lowest BCUT2D eigenvalue weighted by atomic mass is 9.99. The molecule has 2 aromatic rings. The van der Waals surface area contributed by atoms with Crippen LogP contribution in [0.4, 0.5) is 0 Å². The maximum Gasteiger partial charge on any atom is 0.191 e. The average Bonchev–Trinajstić information content (AvgIpc) is 3.26. The van der Waals surface area contributed by atoms with E-state index in [4.69, 9.17) is 4.52 Å². The zero-order valence-electron chi connectivity index (χ0n) is 16.8. The van der Waals surface area contributed by atoms with Crippen LogP contribution in [-0.4, -0.2) is 38.5 Å². The van der Waals surface area contributed by atoms with E-state index >= 15 is 0 Å². The highest BCUT2D eigenvalue weighted by atomic mass is 16.5. The molecule has 2 aromatic heterocycles. The number of aliphatic imine (C=N–C) groups is 1. The highest BCUT2D eigenvalue weighted by Gasteiger charge is 2.21. The van der Waals surface area contributed by atoms with Crippen LogP contribution < -0.4 is 10.6 Å². The monoisotopic (exact) mass is 373 g/mol. The summed E-state index contributed by atoms with van der Waals surface area (Å²) in [5.74, 6) is 3.96. The van der Waals surface area contributed by atoms with E-state index in [9.17, 15) is 0 Å². The van der Waals surface area contributed by atoms with E-state index in [1.165, 1.54) is 0 Å². The van der Waals surface area contributed by atoms with Crippen molar-refractivity contribution in [2.45, 2.75) is 78.4 Å². The van der Waals surface area contributed by atoms with Crippen molar-refractivity contribution >= 4 is 5.96 Å². The SMILES string of the molecule is CCNC(=NCc1cc(C(CC)CC)no1)NC1CCc2nc(C)nn2C1. The standard InChI is InChI=1S/C19H31N7O/c1-5-14(6-2)17-10-16(27-25-17)11-21-19(20-7-3)23-15-8-9-18-22-13(4)24-26(18)12-15/h10,14-15H,5-9,11-12H2,1-4H3,(H2,20,21,23). The van der Waals surface area contributed by atoms with E-state index in [1.54, 1.807) is 0 Å². The number of nitrogens with one attached hydrogen (secondary N) is 2. The van der Waals surface area contributed by atoms with Crippen LogP contribution in [0.25, 0.3) is 0 Å². The molecule has 1 aliphatic heterocycles. The largest absolute Gasteiger partial charge is 0.359 e. The summed E-state index contributed by atoms with van der Waals surface area (Å²) in [7, 11) is 0. The summed E-state index contributed by atoms with van der Waals surface area (Å²) in [6, 6.07) is 2.32. The number of hydrogen-bond donors (Lipinski definition) is 2. The fourth-order valence-corrected chi connectivity index (χ4v) is 3.52. The molecule has 2 N–H and O–H groups in total. The minimum atomic E-state index is 0.284. The summed E-state index contributed by atoms with van der Waals surface area (Å²) < 4.78 is 7.48. The smallest absolute Gasteiger partial charge is 0.191 e. The van der Waals surface area contributed by atoms with Crippen molar-refractivity contribution in [1.82, 2.24) is 30.6 Å². The summed E-state index contributed by atoms with van der Waals surface area (Å²) in [5, 5.41) is 15.5. The van der Waals surface area contributed by atoms with Gasteiger partial charge in [0.1, 0.15) is 18.2 Å². The number of aryl methyl sites for hydroxylation is 2. The molecule has 148 valence electrons. The Kier molecular flexibility index (Phi) is 6.47. The number of fused-ring (bicyclic) bond motifs is 1. The van der Waals surface area contributed by atoms with Crippen LogP contribution in [0.1, 0.15) is 69.1 Å². The molecule has 1 aliphatic rings. The molecule has 0 aliphatic carbocycles. The Bertz CT molecular complexity index is 760. The first-order chi connectivity index (χ1) is 13.1. The van der Waals surface area contributed by atoms with Crippen molar-refractivity contribution in [1.29, 1.82) is 0 Å². The Morgan fingerprint density at radius 1 is 1.37 bits per heavy atom. The third-order valence-electron chi connectivity index (χ3n) is 5.02. The van der Waals surface area contributed by atoms with E-state index in [2.05, 4.69) is 51.6 Å². The van der Waals surface area contributed by atoms with Crippen LogP contribution in [0.5, 0.6) is 0 Å². The Balaban J connectivity index is 1.62. The van der Waals surface area contributed by atoms with Gasteiger partial charge in [0.05, 0.1) is 12.2 Å². The number of nitrogens with zero attached hydrogens (tertiary/aromatic N) is 5. The van der Waals surface area contributed by atoms with E-state index in [0.717, 1.165) is 67.8 Å². The molecule has 8 nitrogen and oxygen atoms in total. The third kappa shape index (κ3) is 4.87. The number of guanidine groups is 1. The normalized spacial score (nSPS) is 17.2. The van der Waals surface area contributed by atoms with Gasteiger partial charge in [-0.05, 0) is 33.1 Å². The van der Waals surface area contributed by atoms with Crippen LogP contribution >= 0.6 is 0 Å². The van der Waals surface area contributed by atoms with Gasteiger partial charge in [0.2, 0.25) is 0 Å². The summed E-state index contributed by atoms with van der Waals surface area (Å²) in [6.07, 6.45) is 4.09. The summed E-state index contributed by atoms with van der Waals surface area (Å²) in [6.45, 7) is 10.5. The molecule has 0 spiro atoms. The minimum Gasteiger partial charge on any atom is -0.359 e. The van der Waals surface area contributed by atoms with Crippen LogP contribution in [-0.2, 0) is 19.5 Å². The van der Waals surface area contributed by atoms with Gasteiger partial charge in [-0.2, -0.15) is 5.10 Å². The van der Waals surface area contributed by atoms with Gasteiger partial charge in [-0.25, -0.2) is 14.7 Å². The van der Waals surface area contributed by atoms with Gasteiger partial charge in [0.15, 0.2) is 11.7 Å². The summed E-state index contributed by atoms with van der Waals surface area (Å²) in [4.78, 5) is 9.15. The topological polar surface area (TPSA) is 93.2 Å². The molecule has 27 heavy (non-hydrogen) atoms. The Morgan fingerprint density at radius 2 is 2.19 bits per heavy atom. The van der Waals surface area contributed by atoms with Crippen molar-refractivity contribution in [3.05, 3.63) is 29.2 Å². The van der Waals surface area contributed by atoms with Gasteiger partial charge in [0, 0.05) is 31.0 Å². The first-order valence-electron chi connectivity index (χ1n) is 10.0. The van der Waals surface area contributed by atoms with Crippen LogP contribution in [0.3, 0.4) is 0 Å². The van der Waals surface area contributed by atoms with Crippen molar-refractivity contribution in [2.75, 3.05) is 6.54 Å². The van der Waals surface area contributed by atoms with Gasteiger partial charge in [0.25, 0.3) is 0 Å². The van der Waals surface area contributed by atoms with E-state index in [0.29, 0.717) is 12.5 Å². The number of aromatic nitrogens is 4. The van der Waals surface area contributed by atoms with E-state index in [-0.39, 0.29) is 6.04 Å². The molecule has 0 aromatic carbocycles. The van der Waals surface area contributed by atoms with Gasteiger partial charge >= 0.3 is 0 Å². The molecule has 3 heterocycles. The molecule has 1 unspecified atom stereocenters. The van der Waals surface area contributed by atoms with Crippen LogP contribution in [0.15, 0.2) is 15.6 Å². The number of hydrogen-bond acceptors (Lipinski definition) is 5. The maximum atomic E-state index is 5.48. The molecular formula is C19H31N7O. The second-order valence-electron chi connectivity index (χ2n) is 7.06. The zero-order chi connectivity index (χ0) is 19.2. The maximum absolute atomic E-state index is 5.48. The van der Waals surface area contributed by atoms with Gasteiger partial charge in [-0.3, -0.25) is 0 Å². The van der Waals surface area contributed by atoms with Crippen molar-refractivity contribution in [3.8, 4) is 0 Å². The molecule has 0 fully saturated rings. The average molecular weight is 374 g/mol. The predicted octanol–water partition coefficient (Wildman–Crippen LogP) is 2.55. The van der Waals surface area contributed by atoms with Gasteiger partial charge in [-0.1, -0.05) is 19.0 Å². The van der Waals surface area contributed by atoms with Gasteiger partial charge < -0.3 is 15.2 Å². The van der Waals surface area contributed by atoms with Gasteiger partial charge in [-0.15, -0.1) is 0 Å². The first-order valence-corrected chi connectivity index (χ1v) is 10.0. The Hall–Kier alpha value is -2.38. The second-order valence-corrected chi connectivity index (χ2v) is 7.06. The van der Waals surface area contributed by atoms with E-state index in [1.807, 2.05) is 17.7 Å². The second kappa shape index (κ2) is 9.01. The van der Waals surface area contributed by atoms with E-state index < -0.39 is 0 Å². The lowest BCUT2D eigenvalue weighted by molar-refractivity contribution is 0.371. The molecule has 8 heteroatoms. The lowest BCUT2D eigenvalue weighted by Gasteiger charge is -2.25. The predicted molar refractivity (Wildman–Crippen MR) is 105 cm³/mol. The number of rotatable bonds is 7. The van der Waals surface area contributed by atoms with Crippen molar-refractivity contribution in [2.24, 2.45) is 4.99 Å². The molecule has 0 amide bonds. The molecule has 0 bridgehead atoms. The quantitative estimate of drug-likeness (QED) is 0.572. The fraction of sp³-hybridized carbons (Fsp3) is 0.684. The molecule has 0 radical (unpaired) electrons. The minimum absolute atomic E-state index is 0.284. The highest BCUT2D eigenvalue weighted by molar-refractivity contribution is 5.80. The summed E-state index contributed by atoms with van der Waals surface area (Å²) >= 11 is 0. The van der Waals surface area contributed by atoms with Crippen molar-refractivity contribution < 1.29 is 4.52 Å². The van der Waals surface area contributed by atoms with Crippen LogP contribution in [0.2, 0.25) is 0 Å².